The van der Waals surface area contributed by atoms with Crippen LogP contribution >= 0.6 is 11.3 Å². The van der Waals surface area contributed by atoms with E-state index in [9.17, 15) is 4.79 Å². The number of nitrogens with zero attached hydrogens (tertiary/aromatic N) is 1. The van der Waals surface area contributed by atoms with Gasteiger partial charge in [-0.25, -0.2) is 9.78 Å². The predicted octanol–water partition coefficient (Wildman–Crippen LogP) is 4.64. The minimum atomic E-state index is -0.468. The van der Waals surface area contributed by atoms with Gasteiger partial charge in [-0.15, -0.1) is 11.3 Å². The van der Waals surface area contributed by atoms with Crippen LogP contribution in [0.4, 0.5) is 9.93 Å². The number of hydrogen-bond donors (Lipinski definition) is 1. The van der Waals surface area contributed by atoms with Crippen molar-refractivity contribution < 1.29 is 14.3 Å². The Bertz CT molecular complexity index is 695. The Morgan fingerprint density at radius 1 is 1.35 bits per heavy atom. The first-order valence-electron chi connectivity index (χ1n) is 7.47. The highest BCUT2D eigenvalue weighted by atomic mass is 32.1. The largest absolute Gasteiger partial charge is 0.496 e. The zero-order valence-corrected chi connectivity index (χ0v) is 14.9. The smallest absolute Gasteiger partial charge is 0.413 e. The SMILES string of the molecule is COc1ccc(-c2nc(NC(=O)OCC(C)C)sc2C)cc1C. The second-order valence-corrected chi connectivity index (χ2v) is 6.93. The highest BCUT2D eigenvalue weighted by molar-refractivity contribution is 7.16. The molecule has 0 saturated heterocycles. The van der Waals surface area contributed by atoms with Crippen LogP contribution in [0.15, 0.2) is 18.2 Å². The van der Waals surface area contributed by atoms with Crippen LogP contribution < -0.4 is 10.1 Å². The molecular formula is C17H22N2O3S. The summed E-state index contributed by atoms with van der Waals surface area (Å²) < 4.78 is 10.4. The van der Waals surface area contributed by atoms with E-state index in [1.54, 1.807) is 7.11 Å². The molecule has 0 fully saturated rings. The number of amides is 1. The van der Waals surface area contributed by atoms with Crippen LogP contribution in [-0.4, -0.2) is 24.8 Å². The van der Waals surface area contributed by atoms with E-state index >= 15 is 0 Å². The molecule has 0 aliphatic carbocycles. The Kier molecular flexibility index (Phi) is 5.60. The topological polar surface area (TPSA) is 60.5 Å². The van der Waals surface area contributed by atoms with Crippen molar-refractivity contribution in [1.29, 1.82) is 0 Å². The Balaban J connectivity index is 2.15. The molecule has 0 aliphatic heterocycles. The molecule has 2 rings (SSSR count). The van der Waals surface area contributed by atoms with E-state index in [4.69, 9.17) is 9.47 Å². The van der Waals surface area contributed by atoms with Crippen LogP contribution in [0, 0.1) is 19.8 Å². The van der Waals surface area contributed by atoms with E-state index in [-0.39, 0.29) is 0 Å². The van der Waals surface area contributed by atoms with E-state index < -0.39 is 6.09 Å². The van der Waals surface area contributed by atoms with Crippen molar-refractivity contribution in [2.45, 2.75) is 27.7 Å². The third-order valence-corrected chi connectivity index (χ3v) is 4.11. The number of aryl methyl sites for hydroxylation is 2. The lowest BCUT2D eigenvalue weighted by molar-refractivity contribution is 0.147. The zero-order valence-electron chi connectivity index (χ0n) is 14.1. The third-order valence-electron chi connectivity index (χ3n) is 3.22. The van der Waals surface area contributed by atoms with Crippen LogP contribution in [0.1, 0.15) is 24.3 Å². The number of thiazole rings is 1. The Labute approximate surface area is 140 Å². The van der Waals surface area contributed by atoms with Crippen molar-refractivity contribution in [3.05, 3.63) is 28.6 Å². The molecule has 1 aromatic heterocycles. The van der Waals surface area contributed by atoms with Gasteiger partial charge in [0, 0.05) is 10.4 Å². The first-order chi connectivity index (χ1) is 10.9. The Hall–Kier alpha value is -2.08. The van der Waals surface area contributed by atoms with Crippen molar-refractivity contribution in [3.8, 4) is 17.0 Å². The van der Waals surface area contributed by atoms with Gasteiger partial charge in [0.15, 0.2) is 5.13 Å². The maximum Gasteiger partial charge on any atom is 0.413 e. The Morgan fingerprint density at radius 3 is 2.70 bits per heavy atom. The van der Waals surface area contributed by atoms with Gasteiger partial charge in [0.2, 0.25) is 0 Å². The number of aromatic nitrogens is 1. The number of ether oxygens (including phenoxy) is 2. The third kappa shape index (κ3) is 4.45. The molecule has 0 aliphatic rings. The quantitative estimate of drug-likeness (QED) is 0.865. The number of carbonyl (C=O) groups is 1. The molecule has 23 heavy (non-hydrogen) atoms. The molecule has 0 radical (unpaired) electrons. The molecular weight excluding hydrogens is 312 g/mol. The van der Waals surface area contributed by atoms with Crippen LogP contribution in [0.3, 0.4) is 0 Å². The van der Waals surface area contributed by atoms with Crippen molar-refractivity contribution >= 4 is 22.6 Å². The standard InChI is InChI=1S/C17H22N2O3S/c1-10(2)9-22-17(20)19-16-18-15(12(4)23-16)13-6-7-14(21-5)11(3)8-13/h6-8,10H,9H2,1-5H3,(H,18,19,20). The summed E-state index contributed by atoms with van der Waals surface area (Å²) in [6.07, 6.45) is -0.468. The molecule has 0 atom stereocenters. The normalized spacial score (nSPS) is 10.7. The number of methoxy groups -OCH3 is 1. The fourth-order valence-corrected chi connectivity index (χ4v) is 2.93. The highest BCUT2D eigenvalue weighted by Crippen LogP contribution is 2.32. The van der Waals surface area contributed by atoms with Crippen LogP contribution in [0.5, 0.6) is 5.75 Å². The highest BCUT2D eigenvalue weighted by Gasteiger charge is 2.14. The van der Waals surface area contributed by atoms with Crippen LogP contribution in [-0.2, 0) is 4.74 Å². The summed E-state index contributed by atoms with van der Waals surface area (Å²) in [6.45, 7) is 8.35. The maximum absolute atomic E-state index is 11.7. The maximum atomic E-state index is 11.7. The predicted molar refractivity (Wildman–Crippen MR) is 93.4 cm³/mol. The number of nitrogens with one attached hydrogen (secondary N) is 1. The first kappa shape index (κ1) is 17.3. The summed E-state index contributed by atoms with van der Waals surface area (Å²) in [5, 5.41) is 3.23. The molecule has 0 unspecified atom stereocenters. The number of rotatable bonds is 5. The number of anilines is 1. The molecule has 1 N–H and O–H groups in total. The van der Waals surface area contributed by atoms with Gasteiger partial charge in [0.05, 0.1) is 19.4 Å². The fourth-order valence-electron chi connectivity index (χ4n) is 2.11. The molecule has 1 amide bonds. The average molecular weight is 334 g/mol. The minimum absolute atomic E-state index is 0.302. The molecule has 0 bridgehead atoms. The lowest BCUT2D eigenvalue weighted by atomic mass is 10.1. The first-order valence-corrected chi connectivity index (χ1v) is 8.28. The van der Waals surface area contributed by atoms with Crippen LogP contribution in [0.25, 0.3) is 11.3 Å². The van der Waals surface area contributed by atoms with Crippen molar-refractivity contribution in [2.24, 2.45) is 5.92 Å². The van der Waals surface area contributed by atoms with Gasteiger partial charge in [-0.1, -0.05) is 13.8 Å². The zero-order chi connectivity index (χ0) is 17.0. The van der Waals surface area contributed by atoms with E-state index in [0.717, 1.165) is 27.4 Å². The number of carbonyl (C=O) groups excluding carboxylic acids is 1. The van der Waals surface area contributed by atoms with E-state index in [0.29, 0.717) is 17.7 Å². The molecule has 1 heterocycles. The molecule has 1 aromatic carbocycles. The van der Waals surface area contributed by atoms with Gasteiger partial charge in [-0.2, -0.15) is 0 Å². The average Bonchev–Trinajstić information content (AvgIpc) is 2.85. The lowest BCUT2D eigenvalue weighted by Gasteiger charge is -2.07. The molecule has 5 nitrogen and oxygen atoms in total. The van der Waals surface area contributed by atoms with Crippen molar-refractivity contribution in [3.63, 3.8) is 0 Å². The molecule has 124 valence electrons. The number of benzene rings is 1. The number of hydrogen-bond acceptors (Lipinski definition) is 5. The van der Waals surface area contributed by atoms with Gasteiger partial charge in [0.1, 0.15) is 5.75 Å². The van der Waals surface area contributed by atoms with E-state index in [2.05, 4.69) is 10.3 Å². The van der Waals surface area contributed by atoms with Crippen molar-refractivity contribution in [1.82, 2.24) is 4.98 Å². The van der Waals surface area contributed by atoms with Gasteiger partial charge >= 0.3 is 6.09 Å². The Morgan fingerprint density at radius 2 is 2.09 bits per heavy atom. The van der Waals surface area contributed by atoms with E-state index in [1.165, 1.54) is 11.3 Å². The lowest BCUT2D eigenvalue weighted by Crippen LogP contribution is -2.16. The molecule has 2 aromatic rings. The summed E-state index contributed by atoms with van der Waals surface area (Å²) in [5.41, 5.74) is 2.91. The second kappa shape index (κ2) is 7.46. The van der Waals surface area contributed by atoms with Gasteiger partial charge in [0.25, 0.3) is 0 Å². The van der Waals surface area contributed by atoms with Crippen molar-refractivity contribution in [2.75, 3.05) is 19.0 Å². The van der Waals surface area contributed by atoms with Crippen LogP contribution in [0.2, 0.25) is 0 Å². The van der Waals surface area contributed by atoms with Gasteiger partial charge < -0.3 is 9.47 Å². The molecule has 6 heteroatoms. The molecule has 0 saturated carbocycles. The fraction of sp³-hybridized carbons (Fsp3) is 0.412. The summed E-state index contributed by atoms with van der Waals surface area (Å²) in [7, 11) is 1.65. The van der Waals surface area contributed by atoms with Gasteiger partial charge in [-0.05, 0) is 43.5 Å². The molecule has 0 spiro atoms. The second-order valence-electron chi connectivity index (χ2n) is 5.73. The van der Waals surface area contributed by atoms with E-state index in [1.807, 2.05) is 45.9 Å². The van der Waals surface area contributed by atoms with Gasteiger partial charge in [-0.3, -0.25) is 5.32 Å². The summed E-state index contributed by atoms with van der Waals surface area (Å²) >= 11 is 1.43. The summed E-state index contributed by atoms with van der Waals surface area (Å²) in [5.74, 6) is 1.15. The minimum Gasteiger partial charge on any atom is -0.496 e. The monoisotopic (exact) mass is 334 g/mol. The summed E-state index contributed by atoms with van der Waals surface area (Å²) in [6, 6.07) is 5.92. The summed E-state index contributed by atoms with van der Waals surface area (Å²) in [4.78, 5) is 17.3.